The van der Waals surface area contributed by atoms with Gasteiger partial charge in [0.05, 0.1) is 0 Å². The van der Waals surface area contributed by atoms with E-state index in [2.05, 4.69) is 67.5 Å². The smallest absolute Gasteiger partial charge is 1.00 e. The molecule has 0 fully saturated rings. The quantitative estimate of drug-likeness (QED) is 0.592. The summed E-state index contributed by atoms with van der Waals surface area (Å²) in [6.45, 7) is 18.9. The van der Waals surface area contributed by atoms with E-state index < -0.39 is 23.2 Å². The Morgan fingerprint density at radius 1 is 0.696 bits per heavy atom. The normalized spacial score (nSPS) is 18.3. The van der Waals surface area contributed by atoms with Crippen molar-refractivity contribution in [3.05, 3.63) is 41.0 Å². The van der Waals surface area contributed by atoms with E-state index in [1.165, 1.54) is 12.8 Å². The maximum absolute atomic E-state index is 2.46. The summed E-state index contributed by atoms with van der Waals surface area (Å²) >= 11 is -0.697. The maximum atomic E-state index is 2.46. The maximum Gasteiger partial charge on any atom is -1.00 e. The molecule has 0 saturated heterocycles. The van der Waals surface area contributed by atoms with Crippen molar-refractivity contribution in [2.24, 2.45) is 10.8 Å². The number of rotatable bonds is 2. The van der Waals surface area contributed by atoms with Crippen LogP contribution in [-0.2, 0) is 23.2 Å². The molecule has 0 heterocycles. The van der Waals surface area contributed by atoms with Gasteiger partial charge in [0.2, 0.25) is 0 Å². The Bertz CT molecular complexity index is 524. The van der Waals surface area contributed by atoms with Gasteiger partial charge in [0.25, 0.3) is 0 Å². The fourth-order valence-corrected chi connectivity index (χ4v) is 8.40. The van der Waals surface area contributed by atoms with Gasteiger partial charge in [0.1, 0.15) is 0 Å². The van der Waals surface area contributed by atoms with Crippen molar-refractivity contribution in [3.63, 3.8) is 0 Å². The van der Waals surface area contributed by atoms with Gasteiger partial charge < -0.3 is 24.8 Å². The average molecular weight is 433 g/mol. The summed E-state index contributed by atoms with van der Waals surface area (Å²) in [5.74, 6) is 0. The monoisotopic (exact) mass is 430 g/mol. The first-order valence-corrected chi connectivity index (χ1v) is 10.6. The second-order valence-electron chi connectivity index (χ2n) is 8.51. The zero-order valence-electron chi connectivity index (χ0n) is 15.8. The average Bonchev–Trinajstić information content (AvgIpc) is 2.84. The predicted octanol–water partition coefficient (Wildman–Crippen LogP) is 0.377. The van der Waals surface area contributed by atoms with Gasteiger partial charge in [-0.1, -0.05) is 0 Å². The summed E-state index contributed by atoms with van der Waals surface area (Å²) in [6, 6.07) is 0. The summed E-state index contributed by atoms with van der Waals surface area (Å²) in [6.07, 6.45) is 7.29. The van der Waals surface area contributed by atoms with Gasteiger partial charge in [-0.05, 0) is 0 Å². The van der Waals surface area contributed by atoms with E-state index in [1.807, 2.05) is 0 Å². The summed E-state index contributed by atoms with van der Waals surface area (Å²) < 4.78 is 3.55. The molecule has 2 aliphatic carbocycles. The number of hydrogen-bond acceptors (Lipinski definition) is 0. The first kappa shape index (κ1) is 23.4. The fourth-order valence-electron chi connectivity index (χ4n) is 3.23. The van der Waals surface area contributed by atoms with Crippen LogP contribution in [0.25, 0.3) is 0 Å². The van der Waals surface area contributed by atoms with Crippen molar-refractivity contribution < 1.29 is 48.0 Å². The second-order valence-corrected chi connectivity index (χ2v) is 11.6. The molecule has 23 heavy (non-hydrogen) atoms. The zero-order valence-corrected chi connectivity index (χ0v) is 19.8. The van der Waals surface area contributed by atoms with Gasteiger partial charge in [0, 0.05) is 0 Å². The molecule has 2 rings (SSSR count). The second kappa shape index (κ2) is 8.20. The van der Waals surface area contributed by atoms with Crippen LogP contribution >= 0.6 is 0 Å². The third-order valence-corrected chi connectivity index (χ3v) is 9.33. The minimum absolute atomic E-state index is 0. The van der Waals surface area contributed by atoms with Crippen LogP contribution in [0.3, 0.4) is 0 Å². The molecule has 0 atom stereocenters. The van der Waals surface area contributed by atoms with Gasteiger partial charge in [-0.25, -0.2) is 0 Å². The molecular formula is C20H30Cl2Zr. The SMILES string of the molecule is CC1=CCC(C(C)(C)C)=[C]1[Zr+2][C]1=C(C(C)(C)C)CC=C1C.[Cl-].[Cl-]. The van der Waals surface area contributed by atoms with Crippen LogP contribution < -0.4 is 24.8 Å². The summed E-state index contributed by atoms with van der Waals surface area (Å²) in [4.78, 5) is 0. The van der Waals surface area contributed by atoms with Crippen molar-refractivity contribution in [1.29, 1.82) is 0 Å². The van der Waals surface area contributed by atoms with Crippen molar-refractivity contribution >= 4 is 0 Å². The molecule has 0 aromatic rings. The van der Waals surface area contributed by atoms with Crippen molar-refractivity contribution in [2.75, 3.05) is 0 Å². The Hall–Kier alpha value is 0.423. The molecule has 0 saturated carbocycles. The molecule has 0 aromatic heterocycles. The molecule has 0 aliphatic heterocycles. The zero-order chi connectivity index (χ0) is 16.0. The Labute approximate surface area is 167 Å². The van der Waals surface area contributed by atoms with Crippen molar-refractivity contribution in [1.82, 2.24) is 0 Å². The van der Waals surface area contributed by atoms with E-state index in [-0.39, 0.29) is 24.8 Å². The van der Waals surface area contributed by atoms with Crippen LogP contribution in [0.1, 0.15) is 68.2 Å². The van der Waals surface area contributed by atoms with Gasteiger partial charge in [-0.3, -0.25) is 0 Å². The Morgan fingerprint density at radius 2 is 1.00 bits per heavy atom. The molecule has 0 unspecified atom stereocenters. The van der Waals surface area contributed by atoms with Gasteiger partial charge in [0.15, 0.2) is 0 Å². The predicted molar refractivity (Wildman–Crippen MR) is 89.7 cm³/mol. The first-order chi connectivity index (χ1) is 9.51. The van der Waals surface area contributed by atoms with Gasteiger partial charge in [-0.2, -0.15) is 0 Å². The fraction of sp³-hybridized carbons (Fsp3) is 0.600. The first-order valence-electron chi connectivity index (χ1n) is 8.10. The number of allylic oxidation sites excluding steroid dienone is 8. The van der Waals surface area contributed by atoms with E-state index >= 15 is 0 Å². The van der Waals surface area contributed by atoms with Gasteiger partial charge >= 0.3 is 143 Å². The summed E-state index contributed by atoms with van der Waals surface area (Å²) in [5.41, 5.74) is 7.23. The molecule has 3 heteroatoms. The Morgan fingerprint density at radius 3 is 1.26 bits per heavy atom. The minimum atomic E-state index is -0.697. The molecule has 128 valence electrons. The van der Waals surface area contributed by atoms with Crippen LogP contribution in [0, 0.1) is 10.8 Å². The molecular weight excluding hydrogens is 402 g/mol. The Balaban J connectivity index is 0.00000242. The third-order valence-electron chi connectivity index (χ3n) is 4.68. The van der Waals surface area contributed by atoms with E-state index in [9.17, 15) is 0 Å². The van der Waals surface area contributed by atoms with Crippen LogP contribution in [0.4, 0.5) is 0 Å². The standard InChI is InChI=1S/2C10H15.2ClH.Zr/c2*1-8-5-6-9(7-8)10(2,3)4;;;/h2*5H,6H2,1-4H3;2*1H;/q;;;;+2/p-2. The molecule has 2 aliphatic rings. The third kappa shape index (κ3) is 5.20. The molecule has 0 radical (unpaired) electrons. The summed E-state index contributed by atoms with van der Waals surface area (Å²) in [7, 11) is 0. The number of halogens is 2. The van der Waals surface area contributed by atoms with E-state index in [4.69, 9.17) is 0 Å². The molecule has 0 bridgehead atoms. The van der Waals surface area contributed by atoms with Gasteiger partial charge in [-0.15, -0.1) is 0 Å². The van der Waals surface area contributed by atoms with Crippen LogP contribution in [0.5, 0.6) is 0 Å². The van der Waals surface area contributed by atoms with E-state index in [0.29, 0.717) is 10.8 Å². The molecule has 0 N–H and O–H groups in total. The summed E-state index contributed by atoms with van der Waals surface area (Å²) in [5, 5.41) is 0. The van der Waals surface area contributed by atoms with Crippen LogP contribution in [0.2, 0.25) is 0 Å². The largest absolute Gasteiger partial charge is 1.00 e. The van der Waals surface area contributed by atoms with Crippen LogP contribution in [-0.4, -0.2) is 0 Å². The molecule has 0 amide bonds. The topological polar surface area (TPSA) is 0 Å². The Kier molecular flexibility index (Phi) is 8.35. The molecule has 0 aromatic carbocycles. The molecule has 0 spiro atoms. The molecule has 0 nitrogen and oxygen atoms in total. The minimum Gasteiger partial charge on any atom is -1.00 e. The van der Waals surface area contributed by atoms with Crippen LogP contribution in [0.15, 0.2) is 41.0 Å². The van der Waals surface area contributed by atoms with E-state index in [0.717, 1.165) is 0 Å². The van der Waals surface area contributed by atoms with E-state index in [1.54, 1.807) is 28.9 Å². The van der Waals surface area contributed by atoms with Crippen molar-refractivity contribution in [3.8, 4) is 0 Å². The number of hydrogen-bond donors (Lipinski definition) is 0. The van der Waals surface area contributed by atoms with Crippen molar-refractivity contribution in [2.45, 2.75) is 68.2 Å².